The number of aryl methyl sites for hydroxylation is 1. The predicted molar refractivity (Wildman–Crippen MR) is 111 cm³/mol. The van der Waals surface area contributed by atoms with Gasteiger partial charge in [-0.2, -0.15) is 5.10 Å². The number of hydrogen-bond acceptors (Lipinski definition) is 5. The fourth-order valence-electron chi connectivity index (χ4n) is 3.15. The van der Waals surface area contributed by atoms with Crippen LogP contribution in [-0.2, 0) is 13.6 Å². The third-order valence-corrected chi connectivity index (χ3v) is 5.52. The van der Waals surface area contributed by atoms with Crippen molar-refractivity contribution in [1.29, 1.82) is 0 Å². The maximum atomic E-state index is 11.9. The van der Waals surface area contributed by atoms with Crippen molar-refractivity contribution in [1.82, 2.24) is 19.2 Å². The fourth-order valence-corrected chi connectivity index (χ4v) is 3.51. The number of rotatable bonds is 6. The molecule has 0 atom stereocenters. The molecule has 1 aromatic heterocycles. The summed E-state index contributed by atoms with van der Waals surface area (Å²) < 4.78 is 3.73. The molecule has 0 aliphatic carbocycles. The lowest BCUT2D eigenvalue weighted by molar-refractivity contribution is 0.250. The van der Waals surface area contributed by atoms with Gasteiger partial charge in [0.1, 0.15) is 6.20 Å². The molecule has 3 rings (SSSR count). The van der Waals surface area contributed by atoms with Crippen molar-refractivity contribution in [3.8, 4) is 0 Å². The number of halogens is 1. The van der Waals surface area contributed by atoms with E-state index < -0.39 is 0 Å². The second kappa shape index (κ2) is 8.81. The van der Waals surface area contributed by atoms with Gasteiger partial charge in [0.2, 0.25) is 0 Å². The second-order valence-electron chi connectivity index (χ2n) is 6.56. The molecule has 1 aliphatic heterocycles. The van der Waals surface area contributed by atoms with E-state index in [-0.39, 0.29) is 11.2 Å². The molecule has 26 heavy (non-hydrogen) atoms. The minimum atomic E-state index is -0.364. The Morgan fingerprint density at radius 3 is 2.35 bits per heavy atom. The van der Waals surface area contributed by atoms with Gasteiger partial charge in [-0.1, -0.05) is 0 Å². The summed E-state index contributed by atoms with van der Waals surface area (Å²) in [7, 11) is 1.48. The van der Waals surface area contributed by atoms with E-state index in [0.29, 0.717) is 6.54 Å². The average Bonchev–Trinajstić information content (AvgIpc) is 2.66. The molecule has 0 amide bonds. The van der Waals surface area contributed by atoms with Gasteiger partial charge in [0.25, 0.3) is 5.56 Å². The number of aromatic nitrogens is 3. The highest BCUT2D eigenvalue weighted by molar-refractivity contribution is 14.1. The first-order valence-corrected chi connectivity index (χ1v) is 9.98. The molecule has 140 valence electrons. The SMILES string of the molecule is Cn1c(=O)cnn(CCCCN2CCN(c3ccc([131I])cc3)CC2)c1=O. The molecule has 0 bridgehead atoms. The third-order valence-electron chi connectivity index (χ3n) is 4.80. The largest absolute Gasteiger partial charge is 0.369 e. The summed E-state index contributed by atoms with van der Waals surface area (Å²) in [4.78, 5) is 28.2. The number of anilines is 1. The van der Waals surface area contributed by atoms with Crippen LogP contribution in [0.2, 0.25) is 0 Å². The average molecular weight is 473 g/mol. The van der Waals surface area contributed by atoms with E-state index in [0.717, 1.165) is 50.1 Å². The van der Waals surface area contributed by atoms with Crippen LogP contribution in [0.15, 0.2) is 40.1 Å². The second-order valence-corrected chi connectivity index (χ2v) is 7.81. The Hall–Kier alpha value is -1.68. The number of benzene rings is 1. The summed E-state index contributed by atoms with van der Waals surface area (Å²) in [5.74, 6) is 0. The summed E-state index contributed by atoms with van der Waals surface area (Å²) in [6, 6.07) is 8.68. The van der Waals surface area contributed by atoms with E-state index in [1.54, 1.807) is 0 Å². The zero-order chi connectivity index (χ0) is 18.5. The first kappa shape index (κ1) is 19.1. The molecule has 1 saturated heterocycles. The minimum Gasteiger partial charge on any atom is -0.369 e. The number of nitrogens with zero attached hydrogens (tertiary/aromatic N) is 5. The summed E-state index contributed by atoms with van der Waals surface area (Å²) in [6.07, 6.45) is 3.09. The predicted octanol–water partition coefficient (Wildman–Crippen LogP) is 1.15. The molecule has 0 saturated carbocycles. The molecule has 2 heterocycles. The Morgan fingerprint density at radius 1 is 1.00 bits per heavy atom. The van der Waals surface area contributed by atoms with Crippen LogP contribution in [0.4, 0.5) is 5.69 Å². The summed E-state index contributed by atoms with van der Waals surface area (Å²) in [5.41, 5.74) is 0.589. The number of piperazine rings is 1. The topological polar surface area (TPSA) is 63.4 Å². The summed E-state index contributed by atoms with van der Waals surface area (Å²) in [5, 5.41) is 3.92. The van der Waals surface area contributed by atoms with Crippen LogP contribution in [0.3, 0.4) is 0 Å². The third kappa shape index (κ3) is 4.73. The van der Waals surface area contributed by atoms with Crippen LogP contribution < -0.4 is 16.1 Å². The molecule has 1 aliphatic rings. The van der Waals surface area contributed by atoms with Gasteiger partial charge in [0, 0.05) is 49.0 Å². The Balaban J connectivity index is 1.40. The van der Waals surface area contributed by atoms with Gasteiger partial charge in [0.05, 0.1) is 0 Å². The number of unbranched alkanes of at least 4 members (excludes halogenated alkanes) is 1. The van der Waals surface area contributed by atoms with Crippen LogP contribution >= 0.6 is 22.6 Å². The Morgan fingerprint density at radius 2 is 1.65 bits per heavy atom. The van der Waals surface area contributed by atoms with E-state index >= 15 is 0 Å². The molecule has 1 aromatic carbocycles. The van der Waals surface area contributed by atoms with Crippen LogP contribution in [-0.4, -0.2) is 52.0 Å². The standard InChI is InChI=1S/C18H24IN5O2/c1-21-17(25)14-20-24(18(21)26)9-3-2-8-22-10-12-23(13-11-22)16-6-4-15(19)5-7-16/h4-7,14H,2-3,8-13H2,1H3/i19+4. The minimum absolute atomic E-state index is 0.344. The van der Waals surface area contributed by atoms with Crippen LogP contribution in [0.5, 0.6) is 0 Å². The van der Waals surface area contributed by atoms with Gasteiger partial charge in [-0.05, 0) is 66.2 Å². The highest BCUT2D eigenvalue weighted by atomic mass is 131. The molecule has 1 fully saturated rings. The zero-order valence-electron chi connectivity index (χ0n) is 15.0. The van der Waals surface area contributed by atoms with Gasteiger partial charge < -0.3 is 4.90 Å². The normalized spacial score (nSPS) is 15.4. The van der Waals surface area contributed by atoms with Gasteiger partial charge in [-0.15, -0.1) is 0 Å². The lowest BCUT2D eigenvalue weighted by atomic mass is 10.2. The zero-order valence-corrected chi connectivity index (χ0v) is 17.1. The maximum Gasteiger partial charge on any atom is 0.347 e. The fraction of sp³-hybridized carbons (Fsp3) is 0.500. The first-order chi connectivity index (χ1) is 12.5. The summed E-state index contributed by atoms with van der Waals surface area (Å²) >= 11 is 2.33. The van der Waals surface area contributed by atoms with E-state index in [1.165, 1.54) is 27.2 Å². The highest BCUT2D eigenvalue weighted by Crippen LogP contribution is 2.18. The highest BCUT2D eigenvalue weighted by Gasteiger charge is 2.16. The van der Waals surface area contributed by atoms with E-state index in [4.69, 9.17) is 0 Å². The molecule has 7 nitrogen and oxygen atoms in total. The Labute approximate surface area is 166 Å². The smallest absolute Gasteiger partial charge is 0.347 e. The molecule has 0 N–H and O–H groups in total. The van der Waals surface area contributed by atoms with E-state index in [2.05, 4.69) is 61.8 Å². The lowest BCUT2D eigenvalue weighted by Crippen LogP contribution is -2.46. The van der Waals surface area contributed by atoms with Crippen molar-refractivity contribution in [2.45, 2.75) is 19.4 Å². The van der Waals surface area contributed by atoms with Crippen LogP contribution in [0.1, 0.15) is 12.8 Å². The molecule has 2 aromatic rings. The monoisotopic (exact) mass is 473 g/mol. The molecule has 0 spiro atoms. The molecule has 0 radical (unpaired) electrons. The van der Waals surface area contributed by atoms with Gasteiger partial charge in [-0.25, -0.2) is 9.48 Å². The van der Waals surface area contributed by atoms with Crippen LogP contribution in [0, 0.1) is 3.57 Å². The van der Waals surface area contributed by atoms with Crippen molar-refractivity contribution < 1.29 is 0 Å². The van der Waals surface area contributed by atoms with Gasteiger partial charge in [-0.3, -0.25) is 14.3 Å². The van der Waals surface area contributed by atoms with Crippen molar-refractivity contribution in [2.24, 2.45) is 7.05 Å². The Bertz CT molecular complexity index is 838. The molecule has 0 unspecified atom stereocenters. The van der Waals surface area contributed by atoms with Crippen molar-refractivity contribution in [3.63, 3.8) is 0 Å². The van der Waals surface area contributed by atoms with Crippen LogP contribution in [0.25, 0.3) is 0 Å². The molecule has 8 heteroatoms. The van der Waals surface area contributed by atoms with Gasteiger partial charge >= 0.3 is 5.69 Å². The maximum absolute atomic E-state index is 11.9. The van der Waals surface area contributed by atoms with Crippen molar-refractivity contribution >= 4 is 28.3 Å². The van der Waals surface area contributed by atoms with E-state index in [1.807, 2.05) is 0 Å². The van der Waals surface area contributed by atoms with Crippen molar-refractivity contribution in [3.05, 3.63) is 54.9 Å². The van der Waals surface area contributed by atoms with Gasteiger partial charge in [0.15, 0.2) is 0 Å². The molecular formula is C18H24IN5O2. The Kier molecular flexibility index (Phi) is 6.47. The molecular weight excluding hydrogens is 449 g/mol. The first-order valence-electron chi connectivity index (χ1n) is 8.90. The lowest BCUT2D eigenvalue weighted by Gasteiger charge is -2.36. The van der Waals surface area contributed by atoms with Crippen molar-refractivity contribution in [2.75, 3.05) is 37.6 Å². The summed E-state index contributed by atoms with van der Waals surface area (Å²) in [6.45, 7) is 5.79. The van der Waals surface area contributed by atoms with E-state index in [9.17, 15) is 9.59 Å². The quantitative estimate of drug-likeness (QED) is 0.466. The number of hydrogen-bond donors (Lipinski definition) is 0.